The lowest BCUT2D eigenvalue weighted by atomic mass is 10.2. The fraction of sp³-hybridized carbons (Fsp3) is 0.500. The molecule has 0 spiro atoms. The fourth-order valence-electron chi connectivity index (χ4n) is 1.30. The van der Waals surface area contributed by atoms with Crippen LogP contribution in [0, 0.1) is 6.92 Å². The standard InChI is InChI=1S/C12H16F3NO2/c1-9-3-4-10(16)7-11(9)18-6-2-5-17-8-12(13,14)15/h3-4,7H,2,5-6,8,16H2,1H3. The first-order chi connectivity index (χ1) is 8.38. The van der Waals surface area contributed by atoms with Crippen LogP contribution in [0.3, 0.4) is 0 Å². The molecule has 102 valence electrons. The summed E-state index contributed by atoms with van der Waals surface area (Å²) >= 11 is 0. The van der Waals surface area contributed by atoms with Gasteiger partial charge in [-0.3, -0.25) is 0 Å². The zero-order valence-corrected chi connectivity index (χ0v) is 10.1. The van der Waals surface area contributed by atoms with Crippen LogP contribution in [0.1, 0.15) is 12.0 Å². The van der Waals surface area contributed by atoms with Crippen LogP contribution in [0.15, 0.2) is 18.2 Å². The van der Waals surface area contributed by atoms with Crippen molar-refractivity contribution in [2.75, 3.05) is 25.6 Å². The van der Waals surface area contributed by atoms with Crippen LogP contribution in [0.4, 0.5) is 18.9 Å². The maximum absolute atomic E-state index is 11.8. The SMILES string of the molecule is Cc1ccc(N)cc1OCCCOCC(F)(F)F. The first-order valence-corrected chi connectivity index (χ1v) is 5.52. The van der Waals surface area contributed by atoms with Gasteiger partial charge in [0.15, 0.2) is 0 Å². The van der Waals surface area contributed by atoms with Gasteiger partial charge in [0.25, 0.3) is 0 Å². The summed E-state index contributed by atoms with van der Waals surface area (Å²) in [5.74, 6) is 0.644. The Balaban J connectivity index is 2.20. The highest BCUT2D eigenvalue weighted by molar-refractivity contribution is 5.47. The van der Waals surface area contributed by atoms with E-state index in [4.69, 9.17) is 10.5 Å². The van der Waals surface area contributed by atoms with Gasteiger partial charge in [0.2, 0.25) is 0 Å². The number of hydrogen-bond donors (Lipinski definition) is 1. The number of benzene rings is 1. The highest BCUT2D eigenvalue weighted by atomic mass is 19.4. The number of hydrogen-bond acceptors (Lipinski definition) is 3. The number of nitrogens with two attached hydrogens (primary N) is 1. The van der Waals surface area contributed by atoms with E-state index in [1.54, 1.807) is 12.1 Å². The molecule has 6 heteroatoms. The van der Waals surface area contributed by atoms with Crippen molar-refractivity contribution in [2.24, 2.45) is 0 Å². The summed E-state index contributed by atoms with van der Waals surface area (Å²) in [7, 11) is 0. The lowest BCUT2D eigenvalue weighted by molar-refractivity contribution is -0.174. The van der Waals surface area contributed by atoms with Crippen LogP contribution in [-0.2, 0) is 4.74 Å². The van der Waals surface area contributed by atoms with Gasteiger partial charge in [-0.2, -0.15) is 13.2 Å². The second kappa shape index (κ2) is 6.49. The molecule has 0 heterocycles. The Morgan fingerprint density at radius 2 is 1.94 bits per heavy atom. The van der Waals surface area contributed by atoms with Crippen LogP contribution < -0.4 is 10.5 Å². The van der Waals surface area contributed by atoms with Gasteiger partial charge < -0.3 is 15.2 Å². The smallest absolute Gasteiger partial charge is 0.411 e. The molecule has 0 saturated heterocycles. The summed E-state index contributed by atoms with van der Waals surface area (Å²) < 4.78 is 45.1. The minimum atomic E-state index is -4.27. The minimum Gasteiger partial charge on any atom is -0.493 e. The van der Waals surface area contributed by atoms with Crippen molar-refractivity contribution in [3.63, 3.8) is 0 Å². The summed E-state index contributed by atoms with van der Waals surface area (Å²) in [5, 5.41) is 0. The highest BCUT2D eigenvalue weighted by Crippen LogP contribution is 2.20. The van der Waals surface area contributed by atoms with E-state index in [1.807, 2.05) is 13.0 Å². The molecule has 1 aromatic rings. The third-order valence-corrected chi connectivity index (χ3v) is 2.17. The average molecular weight is 263 g/mol. The van der Waals surface area contributed by atoms with E-state index in [0.717, 1.165) is 5.56 Å². The zero-order valence-electron chi connectivity index (χ0n) is 10.1. The quantitative estimate of drug-likeness (QED) is 0.634. The van der Waals surface area contributed by atoms with Crippen molar-refractivity contribution in [2.45, 2.75) is 19.5 Å². The molecule has 0 unspecified atom stereocenters. The van der Waals surface area contributed by atoms with Crippen molar-refractivity contribution in [1.82, 2.24) is 0 Å². The maximum atomic E-state index is 11.8. The lowest BCUT2D eigenvalue weighted by Crippen LogP contribution is -2.18. The van der Waals surface area contributed by atoms with Crippen molar-refractivity contribution in [3.8, 4) is 5.75 Å². The fourth-order valence-corrected chi connectivity index (χ4v) is 1.30. The molecule has 0 bridgehead atoms. The van der Waals surface area contributed by atoms with Gasteiger partial charge in [-0.15, -0.1) is 0 Å². The van der Waals surface area contributed by atoms with E-state index >= 15 is 0 Å². The lowest BCUT2D eigenvalue weighted by Gasteiger charge is -2.10. The van der Waals surface area contributed by atoms with Crippen molar-refractivity contribution in [1.29, 1.82) is 0 Å². The van der Waals surface area contributed by atoms with E-state index in [2.05, 4.69) is 4.74 Å². The molecular weight excluding hydrogens is 247 g/mol. The number of aryl methyl sites for hydroxylation is 1. The van der Waals surface area contributed by atoms with Crippen LogP contribution >= 0.6 is 0 Å². The Hall–Kier alpha value is -1.43. The third kappa shape index (κ3) is 5.77. The number of ether oxygens (including phenoxy) is 2. The molecule has 0 radical (unpaired) electrons. The van der Waals surface area contributed by atoms with Crippen molar-refractivity contribution >= 4 is 5.69 Å². The molecule has 0 aliphatic rings. The maximum Gasteiger partial charge on any atom is 0.411 e. The average Bonchev–Trinajstić information content (AvgIpc) is 2.26. The number of nitrogen functional groups attached to an aromatic ring is 1. The van der Waals surface area contributed by atoms with Gasteiger partial charge in [-0.05, 0) is 18.6 Å². The molecule has 0 atom stereocenters. The second-order valence-corrected chi connectivity index (χ2v) is 3.89. The van der Waals surface area contributed by atoms with E-state index in [1.165, 1.54) is 0 Å². The Bertz CT molecular complexity index is 380. The largest absolute Gasteiger partial charge is 0.493 e. The Morgan fingerprint density at radius 1 is 1.22 bits per heavy atom. The monoisotopic (exact) mass is 263 g/mol. The van der Waals surface area contributed by atoms with Crippen LogP contribution in [0.25, 0.3) is 0 Å². The number of alkyl halides is 3. The van der Waals surface area contributed by atoms with E-state index in [-0.39, 0.29) is 6.61 Å². The molecule has 0 amide bonds. The van der Waals surface area contributed by atoms with E-state index in [0.29, 0.717) is 24.5 Å². The molecule has 0 fully saturated rings. The first-order valence-electron chi connectivity index (χ1n) is 5.52. The van der Waals surface area contributed by atoms with E-state index < -0.39 is 12.8 Å². The van der Waals surface area contributed by atoms with Gasteiger partial charge in [0.05, 0.1) is 13.2 Å². The second-order valence-electron chi connectivity index (χ2n) is 3.89. The van der Waals surface area contributed by atoms with Crippen LogP contribution in [0.2, 0.25) is 0 Å². The zero-order chi connectivity index (χ0) is 13.6. The summed E-state index contributed by atoms with van der Waals surface area (Å²) in [4.78, 5) is 0. The topological polar surface area (TPSA) is 44.5 Å². The summed E-state index contributed by atoms with van der Waals surface area (Å²) in [6.45, 7) is 0.961. The Kier molecular flexibility index (Phi) is 5.27. The van der Waals surface area contributed by atoms with Crippen LogP contribution in [-0.4, -0.2) is 26.0 Å². The molecule has 0 saturated carbocycles. The van der Waals surface area contributed by atoms with Crippen LogP contribution in [0.5, 0.6) is 5.75 Å². The van der Waals surface area contributed by atoms with Gasteiger partial charge in [0.1, 0.15) is 12.4 Å². The molecule has 18 heavy (non-hydrogen) atoms. The minimum absolute atomic E-state index is 0.0148. The summed E-state index contributed by atoms with van der Waals surface area (Å²) in [6, 6.07) is 5.27. The molecule has 2 N–H and O–H groups in total. The summed E-state index contributed by atoms with van der Waals surface area (Å²) in [5.41, 5.74) is 7.12. The molecule has 0 aromatic heterocycles. The molecule has 3 nitrogen and oxygen atoms in total. The van der Waals surface area contributed by atoms with Gasteiger partial charge >= 0.3 is 6.18 Å². The molecule has 0 aliphatic carbocycles. The van der Waals surface area contributed by atoms with Gasteiger partial charge in [-0.1, -0.05) is 6.07 Å². The van der Waals surface area contributed by atoms with E-state index in [9.17, 15) is 13.2 Å². The van der Waals surface area contributed by atoms with Crippen molar-refractivity contribution < 1.29 is 22.6 Å². The third-order valence-electron chi connectivity index (χ3n) is 2.17. The predicted octanol–water partition coefficient (Wildman–Crippen LogP) is 2.93. The number of anilines is 1. The molecule has 0 aliphatic heterocycles. The molecular formula is C12H16F3NO2. The predicted molar refractivity (Wildman–Crippen MR) is 62.6 cm³/mol. The molecule has 1 aromatic carbocycles. The normalized spacial score (nSPS) is 11.6. The van der Waals surface area contributed by atoms with Gasteiger partial charge in [0, 0.05) is 18.2 Å². The van der Waals surface area contributed by atoms with Crippen molar-refractivity contribution in [3.05, 3.63) is 23.8 Å². The molecule has 1 rings (SSSR count). The number of halogens is 3. The Labute approximate surface area is 104 Å². The van der Waals surface area contributed by atoms with Gasteiger partial charge in [-0.25, -0.2) is 0 Å². The number of rotatable bonds is 6. The first kappa shape index (κ1) is 14.6. The summed E-state index contributed by atoms with van der Waals surface area (Å²) in [6.07, 6.45) is -3.88. The Morgan fingerprint density at radius 3 is 2.61 bits per heavy atom. The highest BCUT2D eigenvalue weighted by Gasteiger charge is 2.27.